The zero-order chi connectivity index (χ0) is 14.9. The number of hydrogen-bond donors (Lipinski definition) is 3. The number of nitrogens with one attached hydrogen (secondary N) is 1. The number of phenolic OH excluding ortho intramolecular Hbond substituents is 1. The van der Waals surface area contributed by atoms with E-state index in [0.29, 0.717) is 5.56 Å². The number of aryl methyl sites for hydroxylation is 1. The molecule has 6 nitrogen and oxygen atoms in total. The topological polar surface area (TPSA) is 105 Å². The Morgan fingerprint density at radius 3 is 2.65 bits per heavy atom. The van der Waals surface area contributed by atoms with E-state index in [4.69, 9.17) is 17.3 Å². The minimum absolute atomic E-state index is 0.0260. The molecule has 4 N–H and O–H groups in total. The van der Waals surface area contributed by atoms with E-state index in [9.17, 15) is 13.5 Å². The molecule has 2 aromatic rings. The lowest BCUT2D eigenvalue weighted by Gasteiger charge is -2.12. The van der Waals surface area contributed by atoms with Crippen LogP contribution in [0.1, 0.15) is 5.56 Å². The lowest BCUT2D eigenvalue weighted by Crippen LogP contribution is -2.14. The summed E-state index contributed by atoms with van der Waals surface area (Å²) >= 11 is 5.88. The van der Waals surface area contributed by atoms with E-state index in [2.05, 4.69) is 9.71 Å². The number of pyridine rings is 1. The maximum Gasteiger partial charge on any atom is 0.262 e. The fourth-order valence-electron chi connectivity index (χ4n) is 1.54. The van der Waals surface area contributed by atoms with Gasteiger partial charge in [-0.3, -0.25) is 4.72 Å². The highest BCUT2D eigenvalue weighted by Gasteiger charge is 2.18. The number of benzene rings is 1. The highest BCUT2D eigenvalue weighted by Crippen LogP contribution is 2.28. The largest absolute Gasteiger partial charge is 0.506 e. The summed E-state index contributed by atoms with van der Waals surface area (Å²) in [6.07, 6.45) is 1.48. The van der Waals surface area contributed by atoms with Crippen LogP contribution in [0, 0.1) is 6.92 Å². The Balaban J connectivity index is 2.43. The van der Waals surface area contributed by atoms with Gasteiger partial charge in [0.25, 0.3) is 10.0 Å². The molecule has 1 aromatic heterocycles. The number of aromatic nitrogens is 1. The molecule has 0 spiro atoms. The average molecular weight is 314 g/mol. The summed E-state index contributed by atoms with van der Waals surface area (Å²) in [7, 11) is -3.86. The number of sulfonamides is 1. The van der Waals surface area contributed by atoms with Crippen LogP contribution in [0.3, 0.4) is 0 Å². The lowest BCUT2D eigenvalue weighted by molar-refractivity contribution is 0.477. The van der Waals surface area contributed by atoms with Gasteiger partial charge in [0.2, 0.25) is 0 Å². The molecule has 0 aliphatic heterocycles. The number of phenols is 1. The van der Waals surface area contributed by atoms with Gasteiger partial charge in [0.1, 0.15) is 5.75 Å². The fraction of sp³-hybridized carbons (Fsp3) is 0.0833. The standard InChI is InChI=1S/C12H12ClN3O3S/c1-7-4-5-15-12(13)11(7)16-20(18,19)8-2-3-10(17)9(14)6-8/h2-6,16-17H,14H2,1H3. The molecule has 0 unspecified atom stereocenters. The molecule has 0 bridgehead atoms. The van der Waals surface area contributed by atoms with E-state index >= 15 is 0 Å². The number of nitrogens with two attached hydrogens (primary N) is 1. The molecule has 0 aliphatic carbocycles. The Hall–Kier alpha value is -1.99. The van der Waals surface area contributed by atoms with Gasteiger partial charge >= 0.3 is 0 Å². The number of halogens is 1. The zero-order valence-corrected chi connectivity index (χ0v) is 12.0. The van der Waals surface area contributed by atoms with Gasteiger partial charge < -0.3 is 10.8 Å². The number of anilines is 2. The molecule has 0 saturated heterocycles. The molecule has 0 radical (unpaired) electrons. The Morgan fingerprint density at radius 2 is 2.05 bits per heavy atom. The minimum Gasteiger partial charge on any atom is -0.506 e. The van der Waals surface area contributed by atoms with Crippen LogP contribution < -0.4 is 10.5 Å². The quantitative estimate of drug-likeness (QED) is 0.457. The Bertz CT molecular complexity index is 742. The number of rotatable bonds is 3. The maximum atomic E-state index is 12.2. The second-order valence-electron chi connectivity index (χ2n) is 4.12. The van der Waals surface area contributed by atoms with Crippen LogP contribution in [0.4, 0.5) is 11.4 Å². The van der Waals surface area contributed by atoms with Crippen LogP contribution in [0.25, 0.3) is 0 Å². The predicted molar refractivity (Wildman–Crippen MR) is 77.3 cm³/mol. The van der Waals surface area contributed by atoms with Crippen molar-refractivity contribution < 1.29 is 13.5 Å². The molecule has 8 heteroatoms. The fourth-order valence-corrected chi connectivity index (χ4v) is 3.02. The molecule has 1 heterocycles. The monoisotopic (exact) mass is 313 g/mol. The molecule has 0 amide bonds. The highest BCUT2D eigenvalue weighted by molar-refractivity contribution is 7.92. The molecule has 106 valence electrons. The van der Waals surface area contributed by atoms with Gasteiger partial charge in [-0.25, -0.2) is 13.4 Å². The van der Waals surface area contributed by atoms with Crippen molar-refractivity contribution in [1.82, 2.24) is 4.98 Å². The summed E-state index contributed by atoms with van der Waals surface area (Å²) in [5, 5.41) is 9.37. The summed E-state index contributed by atoms with van der Waals surface area (Å²) in [6.45, 7) is 1.70. The first-order chi connectivity index (χ1) is 9.31. The van der Waals surface area contributed by atoms with E-state index in [1.807, 2.05) is 0 Å². The molecule has 0 aliphatic rings. The second kappa shape index (κ2) is 5.18. The highest BCUT2D eigenvalue weighted by atomic mass is 35.5. The van der Waals surface area contributed by atoms with E-state index < -0.39 is 10.0 Å². The Labute approximate surface area is 121 Å². The van der Waals surface area contributed by atoms with Crippen molar-refractivity contribution in [3.8, 4) is 5.75 Å². The minimum atomic E-state index is -3.86. The molecular formula is C12H12ClN3O3S. The third-order valence-corrected chi connectivity index (χ3v) is 4.29. The average Bonchev–Trinajstić information content (AvgIpc) is 2.37. The summed E-state index contributed by atoms with van der Waals surface area (Å²) in [6, 6.07) is 5.25. The van der Waals surface area contributed by atoms with Crippen molar-refractivity contribution in [2.75, 3.05) is 10.5 Å². The zero-order valence-electron chi connectivity index (χ0n) is 10.5. The van der Waals surface area contributed by atoms with Crippen molar-refractivity contribution in [3.05, 3.63) is 41.2 Å². The SMILES string of the molecule is Cc1ccnc(Cl)c1NS(=O)(=O)c1ccc(O)c(N)c1. The van der Waals surface area contributed by atoms with Crippen LogP contribution in [-0.2, 0) is 10.0 Å². The Kier molecular flexibility index (Phi) is 3.74. The Morgan fingerprint density at radius 1 is 1.35 bits per heavy atom. The molecule has 1 aromatic carbocycles. The predicted octanol–water partition coefficient (Wildman–Crippen LogP) is 2.13. The van der Waals surface area contributed by atoms with Gasteiger partial charge in [0.15, 0.2) is 5.15 Å². The van der Waals surface area contributed by atoms with Gasteiger partial charge in [-0.2, -0.15) is 0 Å². The van der Waals surface area contributed by atoms with Crippen molar-refractivity contribution >= 4 is 33.0 Å². The van der Waals surface area contributed by atoms with E-state index in [-0.39, 0.29) is 27.2 Å². The molecule has 0 saturated carbocycles. The first-order valence-electron chi connectivity index (χ1n) is 5.53. The summed E-state index contributed by atoms with van der Waals surface area (Å²) in [5.41, 5.74) is 6.31. The van der Waals surface area contributed by atoms with Crippen molar-refractivity contribution in [3.63, 3.8) is 0 Å². The lowest BCUT2D eigenvalue weighted by atomic mass is 10.3. The van der Waals surface area contributed by atoms with Crippen molar-refractivity contribution in [2.24, 2.45) is 0 Å². The third-order valence-electron chi connectivity index (χ3n) is 2.66. The number of aromatic hydroxyl groups is 1. The van der Waals surface area contributed by atoms with Crippen LogP contribution in [-0.4, -0.2) is 18.5 Å². The normalized spacial score (nSPS) is 11.3. The first kappa shape index (κ1) is 14.4. The number of nitrogen functional groups attached to an aromatic ring is 1. The smallest absolute Gasteiger partial charge is 0.262 e. The molecule has 20 heavy (non-hydrogen) atoms. The number of nitrogens with zero attached hydrogens (tertiary/aromatic N) is 1. The molecule has 0 atom stereocenters. The molecular weight excluding hydrogens is 302 g/mol. The van der Waals surface area contributed by atoms with Crippen LogP contribution in [0.5, 0.6) is 5.75 Å². The second-order valence-corrected chi connectivity index (χ2v) is 6.16. The molecule has 2 rings (SSSR count). The van der Waals surface area contributed by atoms with Gasteiger partial charge in [-0.05, 0) is 36.8 Å². The van der Waals surface area contributed by atoms with Gasteiger partial charge in [0.05, 0.1) is 16.3 Å². The summed E-state index contributed by atoms with van der Waals surface area (Å²) < 4.78 is 26.8. The third kappa shape index (κ3) is 2.78. The van der Waals surface area contributed by atoms with Crippen molar-refractivity contribution in [2.45, 2.75) is 11.8 Å². The maximum absolute atomic E-state index is 12.2. The first-order valence-corrected chi connectivity index (χ1v) is 7.40. The van der Waals surface area contributed by atoms with Gasteiger partial charge in [-0.1, -0.05) is 11.6 Å². The van der Waals surface area contributed by atoms with E-state index in [1.54, 1.807) is 13.0 Å². The van der Waals surface area contributed by atoms with Gasteiger partial charge in [-0.15, -0.1) is 0 Å². The van der Waals surface area contributed by atoms with Gasteiger partial charge in [0, 0.05) is 6.20 Å². The number of hydrogen-bond acceptors (Lipinski definition) is 5. The summed E-state index contributed by atoms with van der Waals surface area (Å²) in [5.74, 6) is -0.181. The molecule has 0 fully saturated rings. The van der Waals surface area contributed by atoms with Crippen molar-refractivity contribution in [1.29, 1.82) is 0 Å². The summed E-state index contributed by atoms with van der Waals surface area (Å²) in [4.78, 5) is 3.75. The van der Waals surface area contributed by atoms with Crippen LogP contribution in [0.15, 0.2) is 35.4 Å². The van der Waals surface area contributed by atoms with Crippen LogP contribution >= 0.6 is 11.6 Å². The van der Waals surface area contributed by atoms with E-state index in [0.717, 1.165) is 6.07 Å². The van der Waals surface area contributed by atoms with Crippen LogP contribution in [0.2, 0.25) is 5.15 Å². The van der Waals surface area contributed by atoms with E-state index in [1.165, 1.54) is 18.3 Å².